The number of carbonyl (C=O) groups is 1. The number of aromatic nitrogens is 6. The van der Waals surface area contributed by atoms with Crippen LogP contribution in [0.25, 0.3) is 31.6 Å². The molecule has 192 valence electrons. The summed E-state index contributed by atoms with van der Waals surface area (Å²) in [5.74, 6) is -2.11. The van der Waals surface area contributed by atoms with Crippen LogP contribution in [0.3, 0.4) is 0 Å². The molecule has 0 radical (unpaired) electrons. The highest BCUT2D eigenvalue weighted by atomic mass is 32.1. The molecule has 0 saturated carbocycles. The molecule has 5 rings (SSSR count). The number of fused-ring (bicyclic) bond motifs is 1. The highest BCUT2D eigenvalue weighted by Gasteiger charge is 2.38. The molecule has 2 N–H and O–H groups in total. The first-order chi connectivity index (χ1) is 17.0. The van der Waals surface area contributed by atoms with Crippen molar-refractivity contribution < 1.29 is 23.1 Å². The molecule has 1 saturated heterocycles. The van der Waals surface area contributed by atoms with Crippen molar-refractivity contribution in [2.24, 2.45) is 0 Å². The van der Waals surface area contributed by atoms with Crippen molar-refractivity contribution in [1.29, 1.82) is 0 Å². The molecule has 1 aliphatic heterocycles. The molecule has 0 aromatic carbocycles. The number of nitrogens with one attached hydrogen (secondary N) is 1. The third-order valence-corrected chi connectivity index (χ3v) is 8.06. The van der Waals surface area contributed by atoms with Gasteiger partial charge in [-0.25, -0.2) is 24.7 Å². The Bertz CT molecular complexity index is 1280. The molecule has 4 aromatic rings. The van der Waals surface area contributed by atoms with Gasteiger partial charge in [-0.1, -0.05) is 22.7 Å². The zero-order valence-electron chi connectivity index (χ0n) is 19.5. The van der Waals surface area contributed by atoms with Crippen LogP contribution in [-0.2, 0) is 4.79 Å². The quantitative estimate of drug-likeness (QED) is 0.393. The van der Waals surface area contributed by atoms with Crippen LogP contribution < -0.4 is 4.90 Å². The Morgan fingerprint density at radius 1 is 1.17 bits per heavy atom. The van der Waals surface area contributed by atoms with Gasteiger partial charge in [0.15, 0.2) is 20.6 Å². The van der Waals surface area contributed by atoms with E-state index in [1.54, 1.807) is 35.1 Å². The molecule has 10 nitrogen and oxygen atoms in total. The first-order valence-electron chi connectivity index (χ1n) is 10.8. The highest BCUT2D eigenvalue weighted by Crippen LogP contribution is 2.37. The summed E-state index contributed by atoms with van der Waals surface area (Å²) in [4.78, 5) is 34.2. The SMILES string of the molecule is CC1CC(N(C)c2nc3sc(-c4cnc(-c5cn[nH]c5)nc4)nc3s2)CCN1C.O=C(O)C(F)(F)F. The molecule has 0 aliphatic carbocycles. The summed E-state index contributed by atoms with van der Waals surface area (Å²) in [5.41, 5.74) is 1.78. The Morgan fingerprint density at radius 2 is 1.83 bits per heavy atom. The maximum absolute atomic E-state index is 10.6. The molecule has 1 aliphatic rings. The second-order valence-corrected chi connectivity index (χ2v) is 10.3. The lowest BCUT2D eigenvalue weighted by Gasteiger charge is -2.39. The molecular weight excluding hydrogens is 517 g/mol. The first kappa shape index (κ1) is 25.9. The second-order valence-electron chi connectivity index (χ2n) is 8.33. The number of rotatable bonds is 4. The maximum atomic E-state index is 10.6. The first-order valence-corrected chi connectivity index (χ1v) is 12.5. The molecule has 36 heavy (non-hydrogen) atoms. The van der Waals surface area contributed by atoms with E-state index in [4.69, 9.17) is 19.9 Å². The predicted octanol–water partition coefficient (Wildman–Crippen LogP) is 4.15. The Kier molecular flexibility index (Phi) is 7.51. The summed E-state index contributed by atoms with van der Waals surface area (Å²) < 4.78 is 31.7. The monoisotopic (exact) mass is 540 g/mol. The van der Waals surface area contributed by atoms with E-state index in [2.05, 4.69) is 51.0 Å². The molecular formula is C21H23F3N8O2S2. The number of likely N-dealkylation sites (tertiary alicyclic amines) is 1. The number of anilines is 1. The number of piperidine rings is 1. The third kappa shape index (κ3) is 5.79. The Hall–Kier alpha value is -3.17. The average Bonchev–Trinajstić information content (AvgIpc) is 3.57. The van der Waals surface area contributed by atoms with Gasteiger partial charge in [0.2, 0.25) is 0 Å². The minimum absolute atomic E-state index is 0.532. The van der Waals surface area contributed by atoms with Gasteiger partial charge in [0.05, 0.1) is 11.8 Å². The Morgan fingerprint density at radius 3 is 2.39 bits per heavy atom. The third-order valence-electron chi connectivity index (χ3n) is 5.89. The normalized spacial score (nSPS) is 18.6. The van der Waals surface area contributed by atoms with Crippen molar-refractivity contribution >= 4 is 43.4 Å². The zero-order valence-corrected chi connectivity index (χ0v) is 21.2. The van der Waals surface area contributed by atoms with Crippen LogP contribution in [0.15, 0.2) is 24.8 Å². The van der Waals surface area contributed by atoms with Gasteiger partial charge in [-0.2, -0.15) is 18.3 Å². The highest BCUT2D eigenvalue weighted by molar-refractivity contribution is 7.29. The smallest absolute Gasteiger partial charge is 0.475 e. The summed E-state index contributed by atoms with van der Waals surface area (Å²) in [7, 11) is 4.37. The number of thiazole rings is 2. The molecule has 0 bridgehead atoms. The van der Waals surface area contributed by atoms with Crippen molar-refractivity contribution in [2.75, 3.05) is 25.5 Å². The minimum Gasteiger partial charge on any atom is -0.475 e. The molecule has 4 aromatic heterocycles. The molecule has 0 spiro atoms. The topological polar surface area (TPSA) is 124 Å². The number of carboxylic acids is 1. The lowest BCUT2D eigenvalue weighted by molar-refractivity contribution is -0.192. The van der Waals surface area contributed by atoms with E-state index in [9.17, 15) is 13.2 Å². The van der Waals surface area contributed by atoms with E-state index in [1.807, 2.05) is 12.4 Å². The number of nitrogens with zero attached hydrogens (tertiary/aromatic N) is 7. The Labute approximate surface area is 211 Å². The van der Waals surface area contributed by atoms with Gasteiger partial charge < -0.3 is 14.9 Å². The van der Waals surface area contributed by atoms with Crippen LogP contribution in [0.5, 0.6) is 0 Å². The van der Waals surface area contributed by atoms with Crippen LogP contribution >= 0.6 is 22.7 Å². The lowest BCUT2D eigenvalue weighted by atomic mass is 9.98. The van der Waals surface area contributed by atoms with Gasteiger partial charge in [0, 0.05) is 49.8 Å². The van der Waals surface area contributed by atoms with E-state index in [0.29, 0.717) is 17.9 Å². The lowest BCUT2D eigenvalue weighted by Crippen LogP contribution is -2.46. The fourth-order valence-corrected chi connectivity index (χ4v) is 5.69. The largest absolute Gasteiger partial charge is 0.490 e. The van der Waals surface area contributed by atoms with Crippen molar-refractivity contribution in [3.63, 3.8) is 0 Å². The number of halogens is 3. The van der Waals surface area contributed by atoms with Crippen LogP contribution in [0.2, 0.25) is 0 Å². The summed E-state index contributed by atoms with van der Waals surface area (Å²) in [6, 6.07) is 1.14. The average molecular weight is 541 g/mol. The molecule has 1 fully saturated rings. The number of hydrogen-bond donors (Lipinski definition) is 2. The van der Waals surface area contributed by atoms with Gasteiger partial charge in [0.1, 0.15) is 5.01 Å². The number of carboxylic acid groups (broad SMARTS) is 1. The number of alkyl halides is 3. The summed E-state index contributed by atoms with van der Waals surface area (Å²) in [5, 5.41) is 15.8. The number of hydrogen-bond acceptors (Lipinski definition) is 10. The van der Waals surface area contributed by atoms with E-state index in [-0.39, 0.29) is 0 Å². The van der Waals surface area contributed by atoms with Crippen molar-refractivity contribution in [3.05, 3.63) is 24.8 Å². The van der Waals surface area contributed by atoms with Gasteiger partial charge in [-0.15, -0.1) is 0 Å². The number of aliphatic carboxylic acids is 1. The number of aromatic amines is 1. The van der Waals surface area contributed by atoms with Gasteiger partial charge >= 0.3 is 12.1 Å². The summed E-state index contributed by atoms with van der Waals surface area (Å²) in [6.45, 7) is 3.43. The van der Waals surface area contributed by atoms with Gasteiger partial charge in [0.25, 0.3) is 0 Å². The van der Waals surface area contributed by atoms with Crippen molar-refractivity contribution in [2.45, 2.75) is 38.0 Å². The number of H-pyrrole nitrogens is 1. The maximum Gasteiger partial charge on any atom is 0.490 e. The van der Waals surface area contributed by atoms with Crippen molar-refractivity contribution in [3.8, 4) is 22.0 Å². The van der Waals surface area contributed by atoms with Gasteiger partial charge in [-0.05, 0) is 26.8 Å². The predicted molar refractivity (Wildman–Crippen MR) is 131 cm³/mol. The Balaban J connectivity index is 0.000000384. The molecule has 2 unspecified atom stereocenters. The molecule has 5 heterocycles. The van der Waals surface area contributed by atoms with Gasteiger partial charge in [-0.3, -0.25) is 5.10 Å². The standard InChI is InChI=1S/C19H22N8S2.C2HF3O2/c1-11-6-14(4-5-26(11)2)27(3)19-25-18-17(29-19)24-16(28-18)13-7-20-15(21-8-13)12-9-22-23-10-12;3-2(4,5)1(6)7/h7-11,14H,4-6H2,1-3H3,(H,22,23);(H,6,7). The van der Waals surface area contributed by atoms with Crippen LogP contribution in [-0.4, -0.2) is 85.0 Å². The molecule has 2 atom stereocenters. The minimum atomic E-state index is -5.08. The van der Waals surface area contributed by atoms with E-state index in [0.717, 1.165) is 37.5 Å². The van der Waals surface area contributed by atoms with Crippen LogP contribution in [0, 0.1) is 0 Å². The summed E-state index contributed by atoms with van der Waals surface area (Å²) >= 11 is 3.26. The zero-order chi connectivity index (χ0) is 26.0. The second kappa shape index (κ2) is 10.4. The van der Waals surface area contributed by atoms with E-state index in [1.165, 1.54) is 12.8 Å². The fourth-order valence-electron chi connectivity index (χ4n) is 3.64. The van der Waals surface area contributed by atoms with E-state index >= 15 is 0 Å². The van der Waals surface area contributed by atoms with Crippen LogP contribution in [0.4, 0.5) is 18.3 Å². The molecule has 15 heteroatoms. The fraction of sp³-hybridized carbons (Fsp3) is 0.429. The van der Waals surface area contributed by atoms with E-state index < -0.39 is 12.1 Å². The van der Waals surface area contributed by atoms with Crippen molar-refractivity contribution in [1.82, 2.24) is 35.0 Å². The molecule has 0 amide bonds. The summed E-state index contributed by atoms with van der Waals surface area (Å²) in [6.07, 6.45) is 4.36. The van der Waals surface area contributed by atoms with Crippen LogP contribution in [0.1, 0.15) is 19.8 Å².